The van der Waals surface area contributed by atoms with Gasteiger partial charge in [0, 0.05) is 12.4 Å². The second-order valence-electron chi connectivity index (χ2n) is 4.00. The molecule has 0 aliphatic carbocycles. The van der Waals surface area contributed by atoms with Gasteiger partial charge in [0.25, 0.3) is 0 Å². The van der Waals surface area contributed by atoms with Crippen LogP contribution in [0.25, 0.3) is 0 Å². The minimum absolute atomic E-state index is 0.923. The van der Waals surface area contributed by atoms with Crippen molar-refractivity contribution in [1.29, 1.82) is 0 Å². The normalized spacial score (nSPS) is 15.4. The van der Waals surface area contributed by atoms with Crippen molar-refractivity contribution in [1.82, 2.24) is 0 Å². The Morgan fingerprint density at radius 3 is 2.22 bits per heavy atom. The second kappa shape index (κ2) is 9.34. The molecule has 2 heteroatoms. The van der Waals surface area contributed by atoms with Gasteiger partial charge in [0.1, 0.15) is 0 Å². The maximum Gasteiger partial charge on any atom is 0.0584 e. The molecule has 0 rings (SSSR count). The van der Waals surface area contributed by atoms with Crippen LogP contribution in [-0.4, -0.2) is 11.4 Å². The van der Waals surface area contributed by atoms with E-state index in [2.05, 4.69) is 29.6 Å². The minimum Gasteiger partial charge on any atom is -0.260 e. The highest BCUT2D eigenvalue weighted by Crippen LogP contribution is 2.11. The number of aliphatic imine (C=N–C) groups is 2. The molecule has 0 N–H and O–H groups in total. The zero-order valence-electron chi connectivity index (χ0n) is 12.2. The minimum atomic E-state index is 0.923. The highest BCUT2D eigenvalue weighted by molar-refractivity contribution is 6.40. The van der Waals surface area contributed by atoms with E-state index in [1.807, 2.05) is 46.0 Å². The average molecular weight is 244 g/mol. The SMILES string of the molecule is C=CC(=C\CC)/C(C)=C/N=C(C)C(C)=N/C=C\C. The van der Waals surface area contributed by atoms with Crippen LogP contribution < -0.4 is 0 Å². The van der Waals surface area contributed by atoms with Crippen LogP contribution >= 0.6 is 0 Å². The largest absolute Gasteiger partial charge is 0.260 e. The first-order valence-corrected chi connectivity index (χ1v) is 6.26. The molecule has 0 bridgehead atoms. The van der Waals surface area contributed by atoms with Crippen molar-refractivity contribution in [2.45, 2.75) is 41.0 Å². The van der Waals surface area contributed by atoms with E-state index in [1.54, 1.807) is 6.20 Å². The van der Waals surface area contributed by atoms with Gasteiger partial charge < -0.3 is 0 Å². The maximum absolute atomic E-state index is 4.43. The van der Waals surface area contributed by atoms with Gasteiger partial charge in [-0.3, -0.25) is 9.98 Å². The molecule has 0 unspecified atom stereocenters. The summed E-state index contributed by atoms with van der Waals surface area (Å²) in [6.45, 7) is 13.8. The van der Waals surface area contributed by atoms with E-state index in [0.717, 1.165) is 29.0 Å². The van der Waals surface area contributed by atoms with Crippen LogP contribution in [0.15, 0.2) is 58.3 Å². The van der Waals surface area contributed by atoms with Crippen molar-refractivity contribution in [3.05, 3.63) is 48.4 Å². The van der Waals surface area contributed by atoms with Crippen LogP contribution in [0.4, 0.5) is 0 Å². The third-order valence-electron chi connectivity index (χ3n) is 2.49. The summed E-state index contributed by atoms with van der Waals surface area (Å²) < 4.78 is 0. The van der Waals surface area contributed by atoms with E-state index in [4.69, 9.17) is 0 Å². The molecule has 0 aromatic carbocycles. The van der Waals surface area contributed by atoms with E-state index in [9.17, 15) is 0 Å². The molecule has 0 aliphatic rings. The lowest BCUT2D eigenvalue weighted by Gasteiger charge is -2.01. The molecule has 0 spiro atoms. The van der Waals surface area contributed by atoms with Gasteiger partial charge in [-0.2, -0.15) is 0 Å². The Morgan fingerprint density at radius 2 is 1.72 bits per heavy atom. The number of rotatable bonds is 6. The zero-order chi connectivity index (χ0) is 14.0. The van der Waals surface area contributed by atoms with Crippen molar-refractivity contribution >= 4 is 11.4 Å². The summed E-state index contributed by atoms with van der Waals surface area (Å²) in [6.07, 6.45) is 10.5. The lowest BCUT2D eigenvalue weighted by molar-refractivity contribution is 1.19. The lowest BCUT2D eigenvalue weighted by Crippen LogP contribution is -2.04. The Balaban J connectivity index is 4.99. The maximum atomic E-state index is 4.43. The fourth-order valence-corrected chi connectivity index (χ4v) is 1.27. The Hall–Kier alpha value is -1.70. The standard InChI is InChI=1S/C16H24N2/c1-7-10-16(9-3)13(4)12-18-15(6)14(5)17-11-8-2/h8-12H,3,7H2,1-2,4-6H3/b11-8-,13-12+,16-10+,17-14?,18-15?. The van der Waals surface area contributed by atoms with Crippen molar-refractivity contribution < 1.29 is 0 Å². The molecule has 0 fully saturated rings. The number of hydrogen-bond acceptors (Lipinski definition) is 2. The molecule has 98 valence electrons. The molecule has 0 aromatic heterocycles. The van der Waals surface area contributed by atoms with Crippen molar-refractivity contribution in [2.24, 2.45) is 9.98 Å². The molecule has 0 aliphatic heterocycles. The van der Waals surface area contributed by atoms with E-state index in [1.165, 1.54) is 0 Å². The third-order valence-corrected chi connectivity index (χ3v) is 2.49. The number of allylic oxidation sites excluding steroid dienone is 5. The Bertz CT molecular complexity index is 418. The quantitative estimate of drug-likeness (QED) is 0.470. The first-order valence-electron chi connectivity index (χ1n) is 6.26. The monoisotopic (exact) mass is 244 g/mol. The van der Waals surface area contributed by atoms with E-state index in [-0.39, 0.29) is 0 Å². The van der Waals surface area contributed by atoms with Crippen molar-refractivity contribution in [3.63, 3.8) is 0 Å². The number of nitrogens with zero attached hydrogens (tertiary/aromatic N) is 2. The predicted molar refractivity (Wildman–Crippen MR) is 83.4 cm³/mol. The first kappa shape index (κ1) is 16.3. The van der Waals surface area contributed by atoms with Gasteiger partial charge in [-0.1, -0.05) is 31.7 Å². The molecule has 0 saturated carbocycles. The summed E-state index contributed by atoms with van der Waals surface area (Å²) in [4.78, 5) is 8.69. The molecule has 0 amide bonds. The summed E-state index contributed by atoms with van der Waals surface area (Å²) in [6, 6.07) is 0. The summed E-state index contributed by atoms with van der Waals surface area (Å²) in [5.41, 5.74) is 4.10. The Morgan fingerprint density at radius 1 is 1.11 bits per heavy atom. The molecule has 0 radical (unpaired) electrons. The predicted octanol–water partition coefficient (Wildman–Crippen LogP) is 4.87. The molecular formula is C16H24N2. The third kappa shape index (κ3) is 6.14. The summed E-state index contributed by atoms with van der Waals surface area (Å²) in [5, 5.41) is 0. The summed E-state index contributed by atoms with van der Waals surface area (Å²) in [7, 11) is 0. The van der Waals surface area contributed by atoms with E-state index in [0.29, 0.717) is 0 Å². The molecule has 0 aromatic rings. The molecular weight excluding hydrogens is 220 g/mol. The van der Waals surface area contributed by atoms with Gasteiger partial charge >= 0.3 is 0 Å². The highest BCUT2D eigenvalue weighted by Gasteiger charge is 1.96. The molecule has 0 saturated heterocycles. The van der Waals surface area contributed by atoms with Crippen LogP contribution in [-0.2, 0) is 0 Å². The molecule has 18 heavy (non-hydrogen) atoms. The zero-order valence-corrected chi connectivity index (χ0v) is 12.2. The summed E-state index contributed by atoms with van der Waals surface area (Å²) >= 11 is 0. The summed E-state index contributed by atoms with van der Waals surface area (Å²) in [5.74, 6) is 0. The van der Waals surface area contributed by atoms with E-state index >= 15 is 0 Å². The van der Waals surface area contributed by atoms with E-state index < -0.39 is 0 Å². The van der Waals surface area contributed by atoms with Crippen molar-refractivity contribution in [2.75, 3.05) is 0 Å². The van der Waals surface area contributed by atoms with Crippen LogP contribution in [0, 0.1) is 0 Å². The molecule has 0 heterocycles. The van der Waals surface area contributed by atoms with Crippen LogP contribution in [0.3, 0.4) is 0 Å². The fourth-order valence-electron chi connectivity index (χ4n) is 1.27. The average Bonchev–Trinajstić information content (AvgIpc) is 2.38. The van der Waals surface area contributed by atoms with Crippen LogP contribution in [0.1, 0.15) is 41.0 Å². The Kier molecular flexibility index (Phi) is 8.46. The first-order chi connectivity index (χ1) is 8.56. The highest BCUT2D eigenvalue weighted by atomic mass is 14.8. The van der Waals surface area contributed by atoms with Gasteiger partial charge in [0.2, 0.25) is 0 Å². The van der Waals surface area contributed by atoms with Gasteiger partial charge in [0.15, 0.2) is 0 Å². The van der Waals surface area contributed by atoms with Crippen molar-refractivity contribution in [3.8, 4) is 0 Å². The molecule has 0 atom stereocenters. The second-order valence-corrected chi connectivity index (χ2v) is 4.00. The lowest BCUT2D eigenvalue weighted by atomic mass is 10.1. The Labute approximate surface area is 111 Å². The van der Waals surface area contributed by atoms with Gasteiger partial charge in [0.05, 0.1) is 11.4 Å². The molecule has 2 nitrogen and oxygen atoms in total. The van der Waals surface area contributed by atoms with Crippen LogP contribution in [0.5, 0.6) is 0 Å². The number of hydrogen-bond donors (Lipinski definition) is 0. The fraction of sp³-hybridized carbons (Fsp3) is 0.375. The van der Waals surface area contributed by atoms with Gasteiger partial charge in [-0.25, -0.2) is 0 Å². The topological polar surface area (TPSA) is 24.7 Å². The smallest absolute Gasteiger partial charge is 0.0584 e. The van der Waals surface area contributed by atoms with Crippen LogP contribution in [0.2, 0.25) is 0 Å². The van der Waals surface area contributed by atoms with Gasteiger partial charge in [-0.05, 0) is 45.3 Å². The van der Waals surface area contributed by atoms with Gasteiger partial charge in [-0.15, -0.1) is 0 Å².